The lowest BCUT2D eigenvalue weighted by molar-refractivity contribution is -0.128. The number of amides is 2. The molecular formula is C21H15N3O2S. The fourth-order valence-corrected chi connectivity index (χ4v) is 3.34. The molecule has 2 amide bonds. The van der Waals surface area contributed by atoms with Gasteiger partial charge in [-0.1, -0.05) is 36.4 Å². The average Bonchev–Trinajstić information content (AvgIpc) is 2.67. The first-order chi connectivity index (χ1) is 13.1. The molecule has 3 aromatic rings. The van der Waals surface area contributed by atoms with Gasteiger partial charge in [0.2, 0.25) is 0 Å². The number of benzene rings is 2. The van der Waals surface area contributed by atoms with Crippen LogP contribution in [0.1, 0.15) is 5.56 Å². The van der Waals surface area contributed by atoms with Gasteiger partial charge in [0.1, 0.15) is 5.57 Å². The highest BCUT2D eigenvalue weighted by Gasteiger charge is 2.32. The first-order valence-corrected chi connectivity index (χ1v) is 8.77. The number of pyridine rings is 1. The zero-order valence-electron chi connectivity index (χ0n) is 14.3. The predicted molar refractivity (Wildman–Crippen MR) is 110 cm³/mol. The molecule has 1 aliphatic heterocycles. The summed E-state index contributed by atoms with van der Waals surface area (Å²) < 4.78 is 0. The van der Waals surface area contributed by atoms with Crippen LogP contribution in [0, 0.1) is 0 Å². The SMILES string of the molecule is C=CCN1C(=O)/C(=C/c2cccc3nc4ccccc4cc23)C(=O)NC1=S. The molecule has 1 N–H and O–H groups in total. The van der Waals surface area contributed by atoms with Gasteiger partial charge in [-0.25, -0.2) is 4.98 Å². The van der Waals surface area contributed by atoms with Crippen LogP contribution in [0.15, 0.2) is 66.8 Å². The molecule has 0 bridgehead atoms. The number of thiocarbonyl (C=S) groups is 1. The van der Waals surface area contributed by atoms with Crippen molar-refractivity contribution in [2.45, 2.75) is 0 Å². The summed E-state index contributed by atoms with van der Waals surface area (Å²) in [6.07, 6.45) is 3.15. The fraction of sp³-hybridized carbons (Fsp3) is 0.0476. The van der Waals surface area contributed by atoms with Crippen molar-refractivity contribution in [1.82, 2.24) is 15.2 Å². The van der Waals surface area contributed by atoms with Gasteiger partial charge in [-0.3, -0.25) is 19.8 Å². The maximum atomic E-state index is 12.7. The second-order valence-corrected chi connectivity index (χ2v) is 6.50. The summed E-state index contributed by atoms with van der Waals surface area (Å²) >= 11 is 5.08. The summed E-state index contributed by atoms with van der Waals surface area (Å²) in [6.45, 7) is 3.86. The number of para-hydroxylation sites is 1. The molecule has 0 spiro atoms. The van der Waals surface area contributed by atoms with Gasteiger partial charge < -0.3 is 0 Å². The van der Waals surface area contributed by atoms with E-state index in [9.17, 15) is 9.59 Å². The van der Waals surface area contributed by atoms with Gasteiger partial charge in [-0.05, 0) is 42.1 Å². The lowest BCUT2D eigenvalue weighted by Crippen LogP contribution is -2.53. The van der Waals surface area contributed by atoms with Crippen LogP contribution in [0.25, 0.3) is 27.9 Å². The minimum absolute atomic E-state index is 0.0334. The highest BCUT2D eigenvalue weighted by atomic mass is 32.1. The number of carbonyl (C=O) groups is 2. The number of aromatic nitrogens is 1. The topological polar surface area (TPSA) is 62.3 Å². The zero-order valence-corrected chi connectivity index (χ0v) is 15.1. The van der Waals surface area contributed by atoms with E-state index in [-0.39, 0.29) is 17.2 Å². The third-order valence-electron chi connectivity index (χ3n) is 4.39. The van der Waals surface area contributed by atoms with Crippen LogP contribution < -0.4 is 5.32 Å². The molecular weight excluding hydrogens is 358 g/mol. The molecule has 132 valence electrons. The Morgan fingerprint density at radius 1 is 1.11 bits per heavy atom. The molecule has 6 heteroatoms. The quantitative estimate of drug-likeness (QED) is 0.252. The lowest BCUT2D eigenvalue weighted by atomic mass is 10.0. The van der Waals surface area contributed by atoms with Crippen molar-refractivity contribution in [2.24, 2.45) is 0 Å². The van der Waals surface area contributed by atoms with E-state index in [4.69, 9.17) is 12.2 Å². The van der Waals surface area contributed by atoms with Crippen molar-refractivity contribution >= 4 is 57.0 Å². The van der Waals surface area contributed by atoms with E-state index in [2.05, 4.69) is 16.9 Å². The van der Waals surface area contributed by atoms with Gasteiger partial charge in [0.25, 0.3) is 11.8 Å². The molecule has 1 aliphatic rings. The summed E-state index contributed by atoms with van der Waals surface area (Å²) in [7, 11) is 0. The van der Waals surface area contributed by atoms with Crippen molar-refractivity contribution in [3.63, 3.8) is 0 Å². The molecule has 1 aromatic heterocycles. The lowest BCUT2D eigenvalue weighted by Gasteiger charge is -2.27. The van der Waals surface area contributed by atoms with E-state index in [1.165, 1.54) is 4.90 Å². The highest BCUT2D eigenvalue weighted by Crippen LogP contribution is 2.25. The number of nitrogens with one attached hydrogen (secondary N) is 1. The number of nitrogens with zero attached hydrogens (tertiary/aromatic N) is 2. The van der Waals surface area contributed by atoms with Gasteiger partial charge in [-0.2, -0.15) is 0 Å². The summed E-state index contributed by atoms with van der Waals surface area (Å²) in [4.78, 5) is 31.1. The molecule has 4 rings (SSSR count). The summed E-state index contributed by atoms with van der Waals surface area (Å²) in [5, 5.41) is 4.51. The maximum absolute atomic E-state index is 12.7. The van der Waals surface area contributed by atoms with Crippen LogP contribution in [0.5, 0.6) is 0 Å². The molecule has 1 saturated heterocycles. The van der Waals surface area contributed by atoms with E-state index >= 15 is 0 Å². The molecule has 27 heavy (non-hydrogen) atoms. The van der Waals surface area contributed by atoms with Gasteiger partial charge in [-0.15, -0.1) is 6.58 Å². The van der Waals surface area contributed by atoms with E-state index in [1.807, 2.05) is 48.5 Å². The Morgan fingerprint density at radius 2 is 1.89 bits per heavy atom. The van der Waals surface area contributed by atoms with E-state index in [0.717, 1.165) is 27.4 Å². The molecule has 5 nitrogen and oxygen atoms in total. The third-order valence-corrected chi connectivity index (χ3v) is 4.71. The number of rotatable bonds is 3. The second kappa shape index (κ2) is 6.74. The van der Waals surface area contributed by atoms with Crippen molar-refractivity contribution in [2.75, 3.05) is 6.54 Å². The van der Waals surface area contributed by atoms with Crippen LogP contribution >= 0.6 is 12.2 Å². The summed E-state index contributed by atoms with van der Waals surface area (Å²) in [5.74, 6) is -0.939. The Morgan fingerprint density at radius 3 is 2.70 bits per heavy atom. The Balaban J connectivity index is 1.87. The van der Waals surface area contributed by atoms with Crippen LogP contribution in [0.3, 0.4) is 0 Å². The fourth-order valence-electron chi connectivity index (χ4n) is 3.09. The molecule has 0 atom stereocenters. The highest BCUT2D eigenvalue weighted by molar-refractivity contribution is 7.80. The van der Waals surface area contributed by atoms with Gasteiger partial charge in [0.15, 0.2) is 5.11 Å². The Kier molecular flexibility index (Phi) is 4.25. The number of fused-ring (bicyclic) bond motifs is 2. The van der Waals surface area contributed by atoms with Crippen LogP contribution in [0.2, 0.25) is 0 Å². The summed E-state index contributed by atoms with van der Waals surface area (Å²) in [5.41, 5.74) is 2.47. The normalized spacial score (nSPS) is 16.2. The summed E-state index contributed by atoms with van der Waals surface area (Å²) in [6, 6.07) is 15.5. The van der Waals surface area contributed by atoms with Crippen molar-refractivity contribution in [1.29, 1.82) is 0 Å². The van der Waals surface area contributed by atoms with Crippen LogP contribution in [-0.2, 0) is 9.59 Å². The van der Waals surface area contributed by atoms with Crippen molar-refractivity contribution in [3.8, 4) is 0 Å². The molecule has 1 fully saturated rings. The maximum Gasteiger partial charge on any atom is 0.265 e. The number of hydrogen-bond donors (Lipinski definition) is 1. The smallest absolute Gasteiger partial charge is 0.265 e. The first kappa shape index (κ1) is 17.1. The minimum Gasteiger partial charge on any atom is -0.298 e. The Hall–Kier alpha value is -3.38. The van der Waals surface area contributed by atoms with E-state index in [0.29, 0.717) is 0 Å². The first-order valence-electron chi connectivity index (χ1n) is 8.37. The molecule has 2 heterocycles. The largest absolute Gasteiger partial charge is 0.298 e. The Bertz CT molecular complexity index is 1170. The number of hydrogen-bond acceptors (Lipinski definition) is 4. The molecule has 0 radical (unpaired) electrons. The zero-order chi connectivity index (χ0) is 19.0. The third kappa shape index (κ3) is 3.00. The van der Waals surface area contributed by atoms with Crippen LogP contribution in [0.4, 0.5) is 0 Å². The minimum atomic E-state index is -0.504. The molecule has 0 unspecified atom stereocenters. The average molecular weight is 373 g/mol. The Labute approximate surface area is 161 Å². The monoisotopic (exact) mass is 373 g/mol. The van der Waals surface area contributed by atoms with Crippen molar-refractivity contribution in [3.05, 3.63) is 72.3 Å². The van der Waals surface area contributed by atoms with E-state index < -0.39 is 11.8 Å². The predicted octanol–water partition coefficient (Wildman–Crippen LogP) is 3.20. The van der Waals surface area contributed by atoms with E-state index in [1.54, 1.807) is 12.2 Å². The van der Waals surface area contributed by atoms with Gasteiger partial charge in [0, 0.05) is 17.3 Å². The standard InChI is InChI=1S/C21H15N3O2S/c1-2-10-24-20(26)16(19(25)23-21(24)27)11-13-7-5-9-18-15(13)12-14-6-3-4-8-17(14)22-18/h2-9,11-12H,1,10H2,(H,23,25,27)/b16-11+. The molecule has 2 aromatic carbocycles. The molecule has 0 saturated carbocycles. The second-order valence-electron chi connectivity index (χ2n) is 6.12. The van der Waals surface area contributed by atoms with Gasteiger partial charge >= 0.3 is 0 Å². The molecule has 0 aliphatic carbocycles. The number of carbonyl (C=O) groups excluding carboxylic acids is 2. The van der Waals surface area contributed by atoms with Gasteiger partial charge in [0.05, 0.1) is 11.0 Å². The van der Waals surface area contributed by atoms with Crippen molar-refractivity contribution < 1.29 is 9.59 Å². The van der Waals surface area contributed by atoms with Crippen LogP contribution in [-0.4, -0.2) is 33.4 Å².